The van der Waals surface area contributed by atoms with Gasteiger partial charge in [-0.05, 0) is 23.6 Å². The van der Waals surface area contributed by atoms with Gasteiger partial charge in [0, 0.05) is 29.1 Å². The number of carbonyl (C=O) groups is 2. The Kier molecular flexibility index (Phi) is 6.24. The molecule has 4 nitrogen and oxygen atoms in total. The molecule has 1 aromatic heterocycles. The average molecular weight is 349 g/mol. The number of carbonyl (C=O) groups excluding carboxylic acids is 1. The van der Waals surface area contributed by atoms with Gasteiger partial charge in [0.1, 0.15) is 0 Å². The molecule has 1 N–H and O–H groups in total. The molecule has 1 aromatic carbocycles. The summed E-state index contributed by atoms with van der Waals surface area (Å²) in [7, 11) is 1.64. The van der Waals surface area contributed by atoms with Crippen molar-refractivity contribution < 1.29 is 14.7 Å². The molecule has 0 radical (unpaired) electrons. The fourth-order valence-electron chi connectivity index (χ4n) is 2.09. The Morgan fingerprint density at radius 3 is 2.65 bits per heavy atom. The summed E-state index contributed by atoms with van der Waals surface area (Å²) < 4.78 is 0. The Labute approximate surface area is 144 Å². The second-order valence-corrected chi connectivity index (χ2v) is 7.34. The van der Waals surface area contributed by atoms with Gasteiger partial charge in [-0.25, -0.2) is 0 Å². The van der Waals surface area contributed by atoms with Crippen LogP contribution in [0.5, 0.6) is 0 Å². The Morgan fingerprint density at radius 2 is 2.00 bits per heavy atom. The van der Waals surface area contributed by atoms with Crippen molar-refractivity contribution in [2.24, 2.45) is 5.92 Å². The molecule has 0 aliphatic rings. The molecule has 2 aromatic rings. The van der Waals surface area contributed by atoms with Crippen molar-refractivity contribution >= 4 is 35.0 Å². The topological polar surface area (TPSA) is 57.6 Å². The third kappa shape index (κ3) is 4.84. The number of thioether (sulfide) groups is 1. The molecule has 23 heavy (non-hydrogen) atoms. The summed E-state index contributed by atoms with van der Waals surface area (Å²) in [4.78, 5) is 27.2. The fourth-order valence-corrected chi connectivity index (χ4v) is 3.91. The summed E-state index contributed by atoms with van der Waals surface area (Å²) >= 11 is 3.32. The molecule has 1 atom stereocenters. The molecule has 1 amide bonds. The second kappa shape index (κ2) is 8.17. The first-order valence-electron chi connectivity index (χ1n) is 7.21. The highest BCUT2D eigenvalue weighted by Gasteiger charge is 2.20. The van der Waals surface area contributed by atoms with Crippen LogP contribution in [0.15, 0.2) is 46.7 Å². The number of hydrogen-bond acceptors (Lipinski definition) is 4. The normalized spacial score (nSPS) is 11.9. The number of thiophene rings is 1. The van der Waals surface area contributed by atoms with E-state index >= 15 is 0 Å². The monoisotopic (exact) mass is 349 g/mol. The van der Waals surface area contributed by atoms with Crippen LogP contribution in [0.25, 0.3) is 0 Å². The summed E-state index contributed by atoms with van der Waals surface area (Å²) in [5.74, 6) is -0.815. The lowest BCUT2D eigenvalue weighted by atomic mass is 10.1. The Hall–Kier alpha value is -1.79. The predicted molar refractivity (Wildman–Crippen MR) is 94.1 cm³/mol. The molecule has 6 heteroatoms. The fraction of sp³-hybridized carbons (Fsp3) is 0.294. The van der Waals surface area contributed by atoms with Gasteiger partial charge in [0.05, 0.1) is 11.5 Å². The van der Waals surface area contributed by atoms with E-state index in [-0.39, 0.29) is 12.5 Å². The van der Waals surface area contributed by atoms with E-state index in [0.29, 0.717) is 5.56 Å². The van der Waals surface area contributed by atoms with E-state index in [2.05, 4.69) is 6.07 Å². The quantitative estimate of drug-likeness (QED) is 0.772. The molecule has 0 aliphatic carbocycles. The zero-order chi connectivity index (χ0) is 16.8. The van der Waals surface area contributed by atoms with Crippen molar-refractivity contribution in [2.45, 2.75) is 17.6 Å². The molecule has 1 unspecified atom stereocenters. The Balaban J connectivity index is 2.09. The molecule has 0 fully saturated rings. The molecule has 0 saturated heterocycles. The van der Waals surface area contributed by atoms with Crippen molar-refractivity contribution in [2.75, 3.05) is 13.6 Å². The molecular formula is C17H19NO3S2. The van der Waals surface area contributed by atoms with Crippen LogP contribution in [0.4, 0.5) is 0 Å². The van der Waals surface area contributed by atoms with E-state index in [4.69, 9.17) is 5.11 Å². The lowest BCUT2D eigenvalue weighted by molar-refractivity contribution is -0.141. The van der Waals surface area contributed by atoms with E-state index in [1.165, 1.54) is 9.78 Å². The van der Waals surface area contributed by atoms with Gasteiger partial charge in [-0.2, -0.15) is 0 Å². The van der Waals surface area contributed by atoms with Crippen molar-refractivity contribution in [3.8, 4) is 0 Å². The number of amides is 1. The van der Waals surface area contributed by atoms with Crippen LogP contribution in [-0.2, 0) is 10.5 Å². The summed E-state index contributed by atoms with van der Waals surface area (Å²) in [6, 6.07) is 11.5. The zero-order valence-electron chi connectivity index (χ0n) is 13.1. The van der Waals surface area contributed by atoms with Crippen LogP contribution >= 0.6 is 23.1 Å². The number of benzene rings is 1. The van der Waals surface area contributed by atoms with Crippen LogP contribution < -0.4 is 0 Å². The lowest BCUT2D eigenvalue weighted by Gasteiger charge is -2.20. The standard InChI is InChI=1S/C17H19NO3S2/c1-12(17(20)21)10-18(2)16(19)14-7-3-4-8-15(14)23-11-13-6-5-9-22-13/h3-9,12H,10-11H2,1-2H3,(H,20,21). The molecule has 0 spiro atoms. The van der Waals surface area contributed by atoms with Crippen LogP contribution in [-0.4, -0.2) is 35.5 Å². The van der Waals surface area contributed by atoms with Crippen molar-refractivity contribution in [3.63, 3.8) is 0 Å². The molecule has 1 heterocycles. The lowest BCUT2D eigenvalue weighted by Crippen LogP contribution is -2.33. The number of carboxylic acid groups (broad SMARTS) is 1. The van der Waals surface area contributed by atoms with Crippen molar-refractivity contribution in [1.29, 1.82) is 0 Å². The highest BCUT2D eigenvalue weighted by atomic mass is 32.2. The SMILES string of the molecule is CC(CN(C)C(=O)c1ccccc1SCc1cccs1)C(=O)O. The molecule has 122 valence electrons. The van der Waals surface area contributed by atoms with Gasteiger partial charge in [0.2, 0.25) is 0 Å². The van der Waals surface area contributed by atoms with Gasteiger partial charge in [0.25, 0.3) is 5.91 Å². The first-order chi connectivity index (χ1) is 11.0. The maximum Gasteiger partial charge on any atom is 0.308 e. The number of aliphatic carboxylic acids is 1. The van der Waals surface area contributed by atoms with E-state index in [0.717, 1.165) is 10.6 Å². The maximum atomic E-state index is 12.6. The predicted octanol–water partition coefficient (Wildman–Crippen LogP) is 3.83. The van der Waals surface area contributed by atoms with E-state index in [1.807, 2.05) is 29.6 Å². The minimum Gasteiger partial charge on any atom is -0.481 e. The average Bonchev–Trinajstić information content (AvgIpc) is 3.05. The smallest absolute Gasteiger partial charge is 0.308 e. The van der Waals surface area contributed by atoms with E-state index < -0.39 is 11.9 Å². The Morgan fingerprint density at radius 1 is 1.26 bits per heavy atom. The van der Waals surface area contributed by atoms with E-state index in [1.54, 1.807) is 43.1 Å². The van der Waals surface area contributed by atoms with Gasteiger partial charge in [0.15, 0.2) is 0 Å². The molecule has 0 bridgehead atoms. The first kappa shape index (κ1) is 17.6. The third-order valence-corrected chi connectivity index (χ3v) is 5.56. The third-order valence-electron chi connectivity index (χ3n) is 3.38. The zero-order valence-corrected chi connectivity index (χ0v) is 14.7. The number of carboxylic acids is 1. The Bertz CT molecular complexity index is 670. The van der Waals surface area contributed by atoms with Gasteiger partial charge >= 0.3 is 5.97 Å². The first-order valence-corrected chi connectivity index (χ1v) is 9.08. The minimum absolute atomic E-state index is 0.146. The molecule has 0 aliphatic heterocycles. The van der Waals surface area contributed by atoms with Gasteiger partial charge in [-0.1, -0.05) is 25.1 Å². The van der Waals surface area contributed by atoms with Crippen molar-refractivity contribution in [3.05, 3.63) is 52.2 Å². The molecular weight excluding hydrogens is 330 g/mol. The molecule has 2 rings (SSSR count). The van der Waals surface area contributed by atoms with Crippen molar-refractivity contribution in [1.82, 2.24) is 4.90 Å². The summed E-state index contributed by atoms with van der Waals surface area (Å²) in [5.41, 5.74) is 0.620. The van der Waals surface area contributed by atoms with Crippen LogP contribution in [0.1, 0.15) is 22.2 Å². The van der Waals surface area contributed by atoms with Crippen LogP contribution in [0.2, 0.25) is 0 Å². The summed E-state index contributed by atoms with van der Waals surface area (Å²) in [5, 5.41) is 11.0. The second-order valence-electron chi connectivity index (χ2n) is 5.29. The van der Waals surface area contributed by atoms with E-state index in [9.17, 15) is 9.59 Å². The highest BCUT2D eigenvalue weighted by Crippen LogP contribution is 2.28. The van der Waals surface area contributed by atoms with Gasteiger partial charge < -0.3 is 10.0 Å². The minimum atomic E-state index is -0.898. The van der Waals surface area contributed by atoms with Gasteiger partial charge in [-0.15, -0.1) is 23.1 Å². The highest BCUT2D eigenvalue weighted by molar-refractivity contribution is 7.98. The number of nitrogens with zero attached hydrogens (tertiary/aromatic N) is 1. The summed E-state index contributed by atoms with van der Waals surface area (Å²) in [6.45, 7) is 1.79. The van der Waals surface area contributed by atoms with Gasteiger partial charge in [-0.3, -0.25) is 9.59 Å². The van der Waals surface area contributed by atoms with Crippen LogP contribution in [0, 0.1) is 5.92 Å². The number of rotatable bonds is 7. The largest absolute Gasteiger partial charge is 0.481 e. The summed E-state index contributed by atoms with van der Waals surface area (Å²) in [6.07, 6.45) is 0. The number of hydrogen-bond donors (Lipinski definition) is 1. The molecule has 0 saturated carbocycles. The maximum absolute atomic E-state index is 12.6. The van der Waals surface area contributed by atoms with Crippen LogP contribution in [0.3, 0.4) is 0 Å².